The Kier molecular flexibility index (Phi) is 7.61. The third-order valence-corrected chi connectivity index (χ3v) is 5.88. The maximum absolute atomic E-state index is 12.3. The fourth-order valence-corrected chi connectivity index (χ4v) is 4.46. The van der Waals surface area contributed by atoms with Gasteiger partial charge in [-0.05, 0) is 30.7 Å². The van der Waals surface area contributed by atoms with E-state index in [1.165, 1.54) is 11.8 Å². The summed E-state index contributed by atoms with van der Waals surface area (Å²) in [6, 6.07) is 16.4. The molecule has 0 fully saturated rings. The van der Waals surface area contributed by atoms with Crippen LogP contribution in [0.2, 0.25) is 10.0 Å². The summed E-state index contributed by atoms with van der Waals surface area (Å²) in [5, 5.41) is 23.4. The van der Waals surface area contributed by atoms with Gasteiger partial charge in [0, 0.05) is 33.5 Å². The molecule has 1 amide bonds. The zero-order valence-corrected chi connectivity index (χ0v) is 19.3. The normalized spacial score (nSPS) is 10.3. The molecular weight excluding hydrogens is 465 g/mol. The maximum Gasteiger partial charge on any atom is 0.225 e. The molecule has 0 saturated carbocycles. The summed E-state index contributed by atoms with van der Waals surface area (Å²) in [5.41, 5.74) is 9.14. The number of pyridine rings is 1. The highest BCUT2D eigenvalue weighted by atomic mass is 35.5. The first-order valence-electron chi connectivity index (χ1n) is 9.41. The van der Waals surface area contributed by atoms with E-state index in [2.05, 4.69) is 22.4 Å². The number of thioether (sulfide) groups is 1. The largest absolute Gasteiger partial charge is 0.383 e. The molecular formula is C23H17Cl2N5OS. The van der Waals surface area contributed by atoms with Crippen molar-refractivity contribution in [1.82, 2.24) is 4.98 Å². The minimum Gasteiger partial charge on any atom is -0.383 e. The molecule has 1 aromatic heterocycles. The second-order valence-corrected chi connectivity index (χ2v) is 8.78. The molecule has 0 atom stereocenters. The first-order valence-corrected chi connectivity index (χ1v) is 11.2. The molecule has 0 spiro atoms. The summed E-state index contributed by atoms with van der Waals surface area (Å²) < 4.78 is 0. The predicted octanol–water partition coefficient (Wildman–Crippen LogP) is 5.81. The second-order valence-electron chi connectivity index (χ2n) is 6.82. The molecule has 2 aromatic carbocycles. The van der Waals surface area contributed by atoms with E-state index in [0.717, 1.165) is 5.56 Å². The molecule has 0 bridgehead atoms. The van der Waals surface area contributed by atoms with Crippen LogP contribution in [0, 0.1) is 29.6 Å². The number of rotatable bonds is 6. The Labute approximate surface area is 200 Å². The summed E-state index contributed by atoms with van der Waals surface area (Å²) in [6.45, 7) is 1.95. The van der Waals surface area contributed by atoms with Crippen molar-refractivity contribution < 1.29 is 4.79 Å². The number of anilines is 2. The number of hydrogen-bond donors (Lipinski definition) is 2. The molecule has 6 nitrogen and oxygen atoms in total. The lowest BCUT2D eigenvalue weighted by Gasteiger charge is -2.13. The van der Waals surface area contributed by atoms with Crippen molar-refractivity contribution in [1.29, 1.82) is 10.5 Å². The number of aromatic nitrogens is 1. The summed E-state index contributed by atoms with van der Waals surface area (Å²) in [4.78, 5) is 16.6. The van der Waals surface area contributed by atoms with E-state index in [1.54, 1.807) is 18.2 Å². The minimum atomic E-state index is -0.241. The van der Waals surface area contributed by atoms with Crippen LogP contribution in [0.5, 0.6) is 0 Å². The maximum atomic E-state index is 12.3. The van der Waals surface area contributed by atoms with E-state index in [1.807, 2.05) is 31.2 Å². The average Bonchev–Trinajstić information content (AvgIpc) is 2.73. The summed E-state index contributed by atoms with van der Waals surface area (Å²) in [7, 11) is 0. The number of carbonyl (C=O) groups excluding carboxylic acids is 1. The number of nitrogens with one attached hydrogen (secondary N) is 1. The summed E-state index contributed by atoms with van der Waals surface area (Å²) >= 11 is 13.1. The van der Waals surface area contributed by atoms with Crippen molar-refractivity contribution in [2.24, 2.45) is 0 Å². The van der Waals surface area contributed by atoms with Gasteiger partial charge in [-0.3, -0.25) is 4.79 Å². The lowest BCUT2D eigenvalue weighted by molar-refractivity contribution is -0.115. The number of halogens is 2. The molecule has 32 heavy (non-hydrogen) atoms. The Morgan fingerprint density at radius 3 is 2.31 bits per heavy atom. The number of nitrogen functional groups attached to an aromatic ring is 1. The van der Waals surface area contributed by atoms with Gasteiger partial charge in [0.05, 0.1) is 5.56 Å². The first-order chi connectivity index (χ1) is 15.3. The molecule has 0 aliphatic rings. The molecule has 3 N–H and O–H groups in total. The molecule has 3 aromatic rings. The van der Waals surface area contributed by atoms with Crippen LogP contribution in [0.25, 0.3) is 11.1 Å². The quantitative estimate of drug-likeness (QED) is 0.429. The van der Waals surface area contributed by atoms with Gasteiger partial charge in [0.1, 0.15) is 28.5 Å². The monoisotopic (exact) mass is 481 g/mol. The number of nitrogens with zero attached hydrogens (tertiary/aromatic N) is 3. The summed E-state index contributed by atoms with van der Waals surface area (Å²) in [6.07, 6.45) is 0.154. The Morgan fingerprint density at radius 1 is 1.09 bits per heavy atom. The molecule has 0 radical (unpaired) electrons. The van der Waals surface area contributed by atoms with Crippen LogP contribution in [-0.2, 0) is 4.79 Å². The number of nitrogens with two attached hydrogens (primary N) is 1. The molecule has 0 aliphatic heterocycles. The zero-order valence-electron chi connectivity index (χ0n) is 16.9. The number of nitriles is 2. The molecule has 0 aliphatic carbocycles. The van der Waals surface area contributed by atoms with E-state index in [0.29, 0.717) is 37.6 Å². The molecule has 9 heteroatoms. The van der Waals surface area contributed by atoms with Gasteiger partial charge in [0.15, 0.2) is 0 Å². The van der Waals surface area contributed by atoms with Gasteiger partial charge < -0.3 is 11.1 Å². The van der Waals surface area contributed by atoms with Crippen LogP contribution in [0.3, 0.4) is 0 Å². The summed E-state index contributed by atoms with van der Waals surface area (Å²) in [5.74, 6) is 0.151. The van der Waals surface area contributed by atoms with Crippen LogP contribution >= 0.6 is 35.0 Å². The molecule has 0 saturated heterocycles. The molecule has 1 heterocycles. The van der Waals surface area contributed by atoms with Crippen LogP contribution in [0.15, 0.2) is 47.5 Å². The van der Waals surface area contributed by atoms with Gasteiger partial charge >= 0.3 is 0 Å². The smallest absolute Gasteiger partial charge is 0.225 e. The fraction of sp³-hybridized carbons (Fsp3) is 0.130. The number of carbonyl (C=O) groups is 1. The van der Waals surface area contributed by atoms with Crippen LogP contribution in [-0.4, -0.2) is 16.6 Å². The molecule has 0 unspecified atom stereocenters. The number of hydrogen-bond acceptors (Lipinski definition) is 6. The van der Waals surface area contributed by atoms with Gasteiger partial charge in [0.2, 0.25) is 5.91 Å². The van der Waals surface area contributed by atoms with Crippen molar-refractivity contribution in [2.75, 3.05) is 16.8 Å². The lowest BCUT2D eigenvalue weighted by Crippen LogP contribution is -2.12. The van der Waals surface area contributed by atoms with E-state index < -0.39 is 0 Å². The average molecular weight is 482 g/mol. The van der Waals surface area contributed by atoms with Gasteiger partial charge in [-0.1, -0.05) is 53.0 Å². The van der Waals surface area contributed by atoms with Gasteiger partial charge in [0.25, 0.3) is 0 Å². The van der Waals surface area contributed by atoms with E-state index in [9.17, 15) is 15.3 Å². The topological polar surface area (TPSA) is 116 Å². The third-order valence-electron chi connectivity index (χ3n) is 4.47. The van der Waals surface area contributed by atoms with Crippen molar-refractivity contribution in [3.05, 3.63) is 69.2 Å². The highest BCUT2D eigenvalue weighted by Crippen LogP contribution is 2.36. The fourth-order valence-electron chi connectivity index (χ4n) is 3.00. The SMILES string of the molecule is Cc1ccc(-c2c(C#N)c(N)nc(SCCC(=O)Nc3cc(Cl)cc(Cl)c3)c2C#N)cc1. The van der Waals surface area contributed by atoms with E-state index in [4.69, 9.17) is 28.9 Å². The predicted molar refractivity (Wildman–Crippen MR) is 129 cm³/mol. The highest BCUT2D eigenvalue weighted by molar-refractivity contribution is 7.99. The van der Waals surface area contributed by atoms with Crippen LogP contribution in [0.1, 0.15) is 23.1 Å². The van der Waals surface area contributed by atoms with Crippen molar-refractivity contribution in [2.45, 2.75) is 18.4 Å². The van der Waals surface area contributed by atoms with Crippen LogP contribution in [0.4, 0.5) is 11.5 Å². The lowest BCUT2D eigenvalue weighted by atomic mass is 9.96. The third kappa shape index (κ3) is 5.52. The Hall–Kier alpha value is -3.23. The Bertz CT molecular complexity index is 1240. The standard InChI is InChI=1S/C23H17Cl2N5OS/c1-13-2-4-14(5-3-13)21-18(11-26)22(28)30-23(19(21)12-27)32-7-6-20(31)29-17-9-15(24)8-16(25)10-17/h2-5,8-10H,6-7H2,1H3,(H2,28,30)(H,29,31). The number of benzene rings is 2. The Balaban J connectivity index is 1.81. The van der Waals surface area contributed by atoms with Crippen molar-refractivity contribution >= 4 is 52.4 Å². The van der Waals surface area contributed by atoms with E-state index in [-0.39, 0.29) is 29.3 Å². The van der Waals surface area contributed by atoms with Gasteiger partial charge in [-0.2, -0.15) is 10.5 Å². The van der Waals surface area contributed by atoms with Gasteiger partial charge in [-0.25, -0.2) is 4.98 Å². The Morgan fingerprint density at radius 2 is 1.72 bits per heavy atom. The zero-order chi connectivity index (χ0) is 23.3. The van der Waals surface area contributed by atoms with Gasteiger partial charge in [-0.15, -0.1) is 11.8 Å². The molecule has 3 rings (SSSR count). The first kappa shape index (κ1) is 23.4. The minimum absolute atomic E-state index is 0.0441. The number of aryl methyl sites for hydroxylation is 1. The van der Waals surface area contributed by atoms with Crippen molar-refractivity contribution in [3.63, 3.8) is 0 Å². The highest BCUT2D eigenvalue weighted by Gasteiger charge is 2.20. The van der Waals surface area contributed by atoms with Crippen molar-refractivity contribution in [3.8, 4) is 23.3 Å². The molecule has 160 valence electrons. The van der Waals surface area contributed by atoms with E-state index >= 15 is 0 Å². The second kappa shape index (κ2) is 10.4. The van der Waals surface area contributed by atoms with Crippen LogP contribution < -0.4 is 11.1 Å². The number of amides is 1.